The number of alkyl halides is 3. The van der Waals surface area contributed by atoms with Crippen LogP contribution in [0, 0.1) is 36.1 Å². The molecule has 1 fully saturated rings. The molecule has 0 spiro atoms. The molecule has 0 aromatic heterocycles. The second-order valence-corrected chi connectivity index (χ2v) is 9.65. The maximum absolute atomic E-state index is 15.8. The molecule has 0 aliphatic heterocycles. The summed E-state index contributed by atoms with van der Waals surface area (Å²) in [5.41, 5.74) is 0.0849. The Hall–Kier alpha value is -3.23. The van der Waals surface area contributed by atoms with E-state index in [9.17, 15) is 26.3 Å². The summed E-state index contributed by atoms with van der Waals surface area (Å²) in [6, 6.07) is 8.44. The van der Waals surface area contributed by atoms with Gasteiger partial charge >= 0.3 is 6.36 Å². The highest BCUT2D eigenvalue weighted by Crippen LogP contribution is 2.44. The van der Waals surface area contributed by atoms with Gasteiger partial charge in [0.1, 0.15) is 11.6 Å². The molecule has 2 nitrogen and oxygen atoms in total. The monoisotopic (exact) mass is 540 g/mol. The van der Waals surface area contributed by atoms with Gasteiger partial charge in [-0.3, -0.25) is 0 Å². The maximum Gasteiger partial charge on any atom is 0.573 e. The molecule has 3 aromatic rings. The van der Waals surface area contributed by atoms with Crippen molar-refractivity contribution in [3.8, 4) is 28.4 Å². The van der Waals surface area contributed by atoms with E-state index in [-0.39, 0.29) is 39.7 Å². The molecule has 4 rings (SSSR count). The zero-order valence-electron chi connectivity index (χ0n) is 20.9. The van der Waals surface area contributed by atoms with Gasteiger partial charge in [-0.15, -0.1) is 13.2 Å². The van der Waals surface area contributed by atoms with E-state index in [1.54, 1.807) is 6.07 Å². The van der Waals surface area contributed by atoms with Crippen molar-refractivity contribution in [2.24, 2.45) is 5.92 Å². The number of halogens is 7. The fraction of sp³-hybridized carbons (Fsp3) is 0.379. The first-order valence-electron chi connectivity index (χ1n) is 12.5. The van der Waals surface area contributed by atoms with Gasteiger partial charge in [-0.1, -0.05) is 38.0 Å². The highest BCUT2D eigenvalue weighted by molar-refractivity contribution is 5.72. The van der Waals surface area contributed by atoms with Crippen LogP contribution in [0.4, 0.5) is 30.7 Å². The van der Waals surface area contributed by atoms with E-state index in [1.807, 2.05) is 0 Å². The first-order valence-corrected chi connectivity index (χ1v) is 12.5. The van der Waals surface area contributed by atoms with Gasteiger partial charge in [0.05, 0.1) is 0 Å². The minimum Gasteiger partial charge on any atom is -0.453 e. The molecule has 0 amide bonds. The minimum atomic E-state index is -5.28. The zero-order chi connectivity index (χ0) is 27.6. The van der Waals surface area contributed by atoms with Crippen molar-refractivity contribution in [3.63, 3.8) is 0 Å². The molecule has 38 heavy (non-hydrogen) atoms. The molecule has 0 N–H and O–H groups in total. The lowest BCUT2D eigenvalue weighted by Crippen LogP contribution is -2.19. The highest BCUT2D eigenvalue weighted by atomic mass is 19.4. The molecule has 1 aliphatic carbocycles. The van der Waals surface area contributed by atoms with Crippen molar-refractivity contribution in [1.29, 1.82) is 0 Å². The van der Waals surface area contributed by atoms with Crippen molar-refractivity contribution in [2.75, 3.05) is 0 Å². The average Bonchev–Trinajstić information content (AvgIpc) is 2.85. The van der Waals surface area contributed by atoms with Crippen molar-refractivity contribution < 1.29 is 40.2 Å². The topological polar surface area (TPSA) is 18.5 Å². The van der Waals surface area contributed by atoms with Crippen molar-refractivity contribution in [3.05, 3.63) is 76.9 Å². The zero-order valence-corrected chi connectivity index (χ0v) is 20.9. The van der Waals surface area contributed by atoms with Gasteiger partial charge in [0, 0.05) is 11.1 Å². The third-order valence-electron chi connectivity index (χ3n) is 6.97. The number of benzene rings is 3. The summed E-state index contributed by atoms with van der Waals surface area (Å²) in [5, 5.41) is 0. The van der Waals surface area contributed by atoms with Gasteiger partial charge in [0.2, 0.25) is 5.75 Å². The van der Waals surface area contributed by atoms with Gasteiger partial charge in [-0.25, -0.2) is 17.6 Å². The fourth-order valence-electron chi connectivity index (χ4n) is 5.21. The van der Waals surface area contributed by atoms with E-state index < -0.39 is 35.4 Å². The predicted molar refractivity (Wildman–Crippen MR) is 129 cm³/mol. The van der Waals surface area contributed by atoms with E-state index in [1.165, 1.54) is 31.2 Å². The van der Waals surface area contributed by atoms with Gasteiger partial charge in [0.15, 0.2) is 23.2 Å². The van der Waals surface area contributed by atoms with Crippen LogP contribution in [-0.4, -0.2) is 6.36 Å². The van der Waals surface area contributed by atoms with Crippen LogP contribution in [0.3, 0.4) is 0 Å². The quantitative estimate of drug-likeness (QED) is 0.278. The van der Waals surface area contributed by atoms with Gasteiger partial charge < -0.3 is 9.47 Å². The van der Waals surface area contributed by atoms with Crippen molar-refractivity contribution in [1.82, 2.24) is 0 Å². The van der Waals surface area contributed by atoms with E-state index in [2.05, 4.69) is 11.7 Å². The number of hydrogen-bond acceptors (Lipinski definition) is 2. The van der Waals surface area contributed by atoms with Crippen LogP contribution in [0.15, 0.2) is 42.5 Å². The SMILES string of the molecule is CCC[C@H]1CC[C@H](c2c(F)cc(C)c(Oc3ccccc3-c3cc(F)c(OC(F)(F)F)c(F)c3)c2F)CC1. The number of para-hydroxylation sites is 1. The summed E-state index contributed by atoms with van der Waals surface area (Å²) < 4.78 is 106. The van der Waals surface area contributed by atoms with E-state index in [0.29, 0.717) is 30.9 Å². The Kier molecular flexibility index (Phi) is 8.23. The van der Waals surface area contributed by atoms with Gasteiger partial charge in [-0.2, -0.15) is 0 Å². The van der Waals surface area contributed by atoms with Crippen LogP contribution in [0.5, 0.6) is 17.2 Å². The summed E-state index contributed by atoms with van der Waals surface area (Å²) in [4.78, 5) is 0. The minimum absolute atomic E-state index is 0.0120. The molecule has 0 unspecified atom stereocenters. The second-order valence-electron chi connectivity index (χ2n) is 9.65. The number of rotatable bonds is 7. The molecule has 0 radical (unpaired) electrons. The maximum atomic E-state index is 15.8. The molecule has 9 heteroatoms. The van der Waals surface area contributed by atoms with Crippen molar-refractivity contribution >= 4 is 0 Å². The first-order chi connectivity index (χ1) is 18.0. The standard InChI is InChI=1S/C29H27F7O2/c1-3-6-17-9-11-18(12-10-17)25-21(30)13-16(2)27(26(25)33)37-24-8-5-4-7-20(24)19-14-22(31)28(23(32)15-19)38-29(34,35)36/h4-5,7-8,13-15,17-18H,3,6,9-12H2,1-2H3/t17-,18-. The first kappa shape index (κ1) is 27.8. The molecule has 0 bridgehead atoms. The van der Waals surface area contributed by atoms with Crippen LogP contribution >= 0.6 is 0 Å². The number of hydrogen-bond donors (Lipinski definition) is 0. The van der Waals surface area contributed by atoms with E-state index >= 15 is 4.39 Å². The molecule has 3 aromatic carbocycles. The summed E-state index contributed by atoms with van der Waals surface area (Å²) in [6.07, 6.45) is -0.0577. The van der Waals surface area contributed by atoms with Crippen LogP contribution < -0.4 is 9.47 Å². The number of aryl methyl sites for hydroxylation is 1. The normalized spacial score (nSPS) is 17.9. The largest absolute Gasteiger partial charge is 0.573 e. The third kappa shape index (κ3) is 6.08. The molecular formula is C29H27F7O2. The van der Waals surface area contributed by atoms with Crippen LogP contribution in [0.1, 0.15) is 62.5 Å². The molecular weight excluding hydrogens is 513 g/mol. The summed E-state index contributed by atoms with van der Waals surface area (Å²) in [7, 11) is 0. The summed E-state index contributed by atoms with van der Waals surface area (Å²) >= 11 is 0. The molecule has 1 saturated carbocycles. The van der Waals surface area contributed by atoms with Crippen molar-refractivity contribution in [2.45, 2.75) is 64.7 Å². The Bertz CT molecular complexity index is 1270. The molecule has 0 atom stereocenters. The van der Waals surface area contributed by atoms with E-state index in [4.69, 9.17) is 4.74 Å². The number of ether oxygens (including phenoxy) is 2. The molecule has 1 aliphatic rings. The lowest BCUT2D eigenvalue weighted by molar-refractivity contribution is -0.276. The smallest absolute Gasteiger partial charge is 0.453 e. The summed E-state index contributed by atoms with van der Waals surface area (Å²) in [6.45, 7) is 3.59. The molecule has 204 valence electrons. The van der Waals surface area contributed by atoms with Crippen LogP contribution in [0.2, 0.25) is 0 Å². The van der Waals surface area contributed by atoms with E-state index in [0.717, 1.165) is 25.7 Å². The average molecular weight is 541 g/mol. The Balaban J connectivity index is 1.68. The van der Waals surface area contributed by atoms with Crippen LogP contribution in [0.25, 0.3) is 11.1 Å². The summed E-state index contributed by atoms with van der Waals surface area (Å²) in [5.74, 6) is -6.20. The Morgan fingerprint density at radius 2 is 1.47 bits per heavy atom. The predicted octanol–water partition coefficient (Wildman–Crippen LogP) is 9.98. The second kappa shape index (κ2) is 11.3. The van der Waals surface area contributed by atoms with Gasteiger partial charge in [-0.05, 0) is 79.8 Å². The fourth-order valence-corrected chi connectivity index (χ4v) is 5.21. The lowest BCUT2D eigenvalue weighted by Gasteiger charge is -2.29. The Morgan fingerprint density at radius 3 is 2.08 bits per heavy atom. The Morgan fingerprint density at radius 1 is 0.842 bits per heavy atom. The third-order valence-corrected chi connectivity index (χ3v) is 6.97. The molecule has 0 saturated heterocycles. The lowest BCUT2D eigenvalue weighted by atomic mass is 9.77. The van der Waals surface area contributed by atoms with Gasteiger partial charge in [0.25, 0.3) is 0 Å². The molecule has 0 heterocycles. The highest BCUT2D eigenvalue weighted by Gasteiger charge is 2.34. The van der Waals surface area contributed by atoms with Crippen LogP contribution in [-0.2, 0) is 0 Å². The Labute approximate surface area is 216 Å².